The van der Waals surface area contributed by atoms with Gasteiger partial charge >= 0.3 is 6.03 Å². The van der Waals surface area contributed by atoms with Gasteiger partial charge in [-0.05, 0) is 67.7 Å². The molecule has 3 amide bonds. The summed E-state index contributed by atoms with van der Waals surface area (Å²) in [5, 5.41) is 1.92. The van der Waals surface area contributed by atoms with Gasteiger partial charge in [-0.3, -0.25) is 4.79 Å². The van der Waals surface area contributed by atoms with Crippen LogP contribution < -0.4 is 10.0 Å². The molecule has 0 heterocycles. The van der Waals surface area contributed by atoms with Crippen molar-refractivity contribution in [2.24, 2.45) is 0 Å². The lowest BCUT2D eigenvalue weighted by Gasteiger charge is -2.21. The Labute approximate surface area is 160 Å². The molecule has 3 rings (SSSR count). The number of nitrogens with zero attached hydrogens (tertiary/aromatic N) is 1. The zero-order valence-electron chi connectivity index (χ0n) is 16.1. The van der Waals surface area contributed by atoms with Gasteiger partial charge in [-0.2, -0.15) is 0 Å². The molecule has 0 saturated heterocycles. The quantitative estimate of drug-likeness (QED) is 0.800. The van der Waals surface area contributed by atoms with E-state index in [1.165, 1.54) is 36.9 Å². The summed E-state index contributed by atoms with van der Waals surface area (Å²) in [6.07, 6.45) is 5.94. The van der Waals surface area contributed by atoms with Crippen LogP contribution in [0.2, 0.25) is 0 Å². The number of carbonyl (C=O) groups excluding carboxylic acids is 2. The number of anilines is 1. The Hall–Kier alpha value is -2.09. The lowest BCUT2D eigenvalue weighted by molar-refractivity contribution is -0.127. The Kier molecular flexibility index (Phi) is 5.46. The molecular weight excluding hydrogens is 366 g/mol. The zero-order valence-corrected chi connectivity index (χ0v) is 16.9. The van der Waals surface area contributed by atoms with Crippen LogP contribution in [0.3, 0.4) is 0 Å². The van der Waals surface area contributed by atoms with E-state index in [2.05, 4.69) is 16.1 Å². The molecule has 2 aliphatic rings. The van der Waals surface area contributed by atoms with Crippen molar-refractivity contribution in [2.75, 3.05) is 18.9 Å². The molecule has 2 N–H and O–H groups in total. The summed E-state index contributed by atoms with van der Waals surface area (Å²) < 4.78 is 27.0. The topological polar surface area (TPSA) is 95.6 Å². The molecule has 0 radical (unpaired) electrons. The van der Waals surface area contributed by atoms with Gasteiger partial charge in [0.2, 0.25) is 15.9 Å². The normalized spacial score (nSPS) is 16.4. The van der Waals surface area contributed by atoms with Gasteiger partial charge in [0.05, 0.1) is 5.25 Å². The molecule has 0 aromatic heterocycles. The van der Waals surface area contributed by atoms with E-state index in [4.69, 9.17) is 0 Å². The minimum atomic E-state index is -3.89. The van der Waals surface area contributed by atoms with Crippen LogP contribution in [-0.2, 0) is 40.5 Å². The lowest BCUT2D eigenvalue weighted by Crippen LogP contribution is -2.44. The molecule has 148 valence electrons. The predicted octanol–water partition coefficient (Wildman–Crippen LogP) is 1.98. The van der Waals surface area contributed by atoms with Crippen molar-refractivity contribution in [3.63, 3.8) is 0 Å². The monoisotopic (exact) mass is 393 g/mol. The van der Waals surface area contributed by atoms with Crippen molar-refractivity contribution in [3.05, 3.63) is 28.3 Å². The van der Waals surface area contributed by atoms with Crippen LogP contribution in [0.5, 0.6) is 0 Å². The highest BCUT2D eigenvalue weighted by molar-refractivity contribution is 7.90. The highest BCUT2D eigenvalue weighted by Gasteiger charge is 2.28. The van der Waals surface area contributed by atoms with Crippen molar-refractivity contribution in [1.29, 1.82) is 0 Å². The molecule has 8 heteroatoms. The van der Waals surface area contributed by atoms with Gasteiger partial charge in [-0.1, -0.05) is 6.07 Å². The van der Waals surface area contributed by atoms with Gasteiger partial charge in [-0.25, -0.2) is 17.9 Å². The Morgan fingerprint density at radius 2 is 1.67 bits per heavy atom. The van der Waals surface area contributed by atoms with Crippen LogP contribution in [0.1, 0.15) is 48.9 Å². The second kappa shape index (κ2) is 7.50. The number of benzene rings is 1. The van der Waals surface area contributed by atoms with E-state index in [0.717, 1.165) is 55.3 Å². The van der Waals surface area contributed by atoms with Crippen molar-refractivity contribution >= 4 is 27.6 Å². The van der Waals surface area contributed by atoms with Crippen LogP contribution in [-0.4, -0.2) is 44.1 Å². The molecular formula is C19H27N3O4S. The minimum Gasteiger partial charge on any atom is -0.345 e. The third kappa shape index (κ3) is 4.10. The van der Waals surface area contributed by atoms with Gasteiger partial charge in [0, 0.05) is 26.2 Å². The largest absolute Gasteiger partial charge is 0.345 e. The summed E-state index contributed by atoms with van der Waals surface area (Å²) in [6.45, 7) is 2.87. The van der Waals surface area contributed by atoms with E-state index in [-0.39, 0.29) is 12.5 Å². The molecule has 0 fully saturated rings. The minimum absolute atomic E-state index is 0.0219. The molecule has 0 spiro atoms. The highest BCUT2D eigenvalue weighted by Crippen LogP contribution is 2.38. The van der Waals surface area contributed by atoms with Crippen molar-refractivity contribution in [2.45, 2.75) is 57.6 Å². The standard InChI is InChI=1S/C19H27N3O4S/c1-12(11-22(3)13(2)23)27(25,26)21-19(24)20-18-16-8-4-6-14(16)10-15-7-5-9-17(15)18/h10,12H,4-9,11H2,1-3H3,(H2,20,21,24). The van der Waals surface area contributed by atoms with Crippen LogP contribution in [0.4, 0.5) is 10.5 Å². The van der Waals surface area contributed by atoms with Gasteiger partial charge in [0.15, 0.2) is 0 Å². The fourth-order valence-corrected chi connectivity index (χ4v) is 4.88. The van der Waals surface area contributed by atoms with Gasteiger partial charge in [-0.15, -0.1) is 0 Å². The number of rotatable bonds is 5. The Bertz CT molecular complexity index is 847. The van der Waals surface area contributed by atoms with Gasteiger partial charge in [0.1, 0.15) is 0 Å². The Morgan fingerprint density at radius 3 is 2.19 bits per heavy atom. The number of fused-ring (bicyclic) bond motifs is 2. The average Bonchev–Trinajstić information content (AvgIpc) is 3.22. The highest BCUT2D eigenvalue weighted by atomic mass is 32.2. The fourth-order valence-electron chi connectivity index (χ4n) is 3.95. The summed E-state index contributed by atoms with van der Waals surface area (Å²) in [5.74, 6) is -0.225. The maximum atomic E-state index is 12.5. The van der Waals surface area contributed by atoms with Crippen LogP contribution >= 0.6 is 0 Å². The molecule has 0 bridgehead atoms. The van der Waals surface area contributed by atoms with Crippen LogP contribution in [0.25, 0.3) is 0 Å². The summed E-state index contributed by atoms with van der Waals surface area (Å²) in [7, 11) is -2.36. The molecule has 0 aliphatic heterocycles. The number of carbonyl (C=O) groups is 2. The van der Waals surface area contributed by atoms with E-state index in [1.807, 2.05) is 0 Å². The average molecular weight is 394 g/mol. The first-order valence-corrected chi connectivity index (χ1v) is 10.9. The summed E-state index contributed by atoms with van der Waals surface area (Å²) in [5.41, 5.74) is 5.63. The number of hydrogen-bond donors (Lipinski definition) is 2. The number of aryl methyl sites for hydroxylation is 2. The molecule has 2 aliphatic carbocycles. The molecule has 0 saturated carbocycles. The Morgan fingerprint density at radius 1 is 1.11 bits per heavy atom. The molecule has 27 heavy (non-hydrogen) atoms. The number of urea groups is 1. The molecule has 1 unspecified atom stereocenters. The number of nitrogens with one attached hydrogen (secondary N) is 2. The van der Waals surface area contributed by atoms with Crippen molar-refractivity contribution < 1.29 is 18.0 Å². The third-order valence-electron chi connectivity index (χ3n) is 5.54. The predicted molar refractivity (Wildman–Crippen MR) is 104 cm³/mol. The van der Waals surface area contributed by atoms with Crippen molar-refractivity contribution in [3.8, 4) is 0 Å². The van der Waals surface area contributed by atoms with Gasteiger partial charge < -0.3 is 10.2 Å². The molecule has 1 aromatic carbocycles. The SMILES string of the molecule is CC(=O)N(C)CC(C)S(=O)(=O)NC(=O)Nc1c2c(cc3c1CCC3)CCC2. The maximum absolute atomic E-state index is 12.5. The van der Waals surface area contributed by atoms with Crippen LogP contribution in [0.15, 0.2) is 6.07 Å². The summed E-state index contributed by atoms with van der Waals surface area (Å²) in [4.78, 5) is 25.1. The molecule has 7 nitrogen and oxygen atoms in total. The van der Waals surface area contributed by atoms with E-state index in [9.17, 15) is 18.0 Å². The smallest absolute Gasteiger partial charge is 0.332 e. The maximum Gasteiger partial charge on any atom is 0.332 e. The fraction of sp³-hybridized carbons (Fsp3) is 0.579. The Balaban J connectivity index is 1.74. The van der Waals surface area contributed by atoms with E-state index in [0.29, 0.717) is 0 Å². The number of hydrogen-bond acceptors (Lipinski definition) is 4. The summed E-state index contributed by atoms with van der Waals surface area (Å²) >= 11 is 0. The zero-order chi connectivity index (χ0) is 19.8. The summed E-state index contributed by atoms with van der Waals surface area (Å²) in [6, 6.07) is 1.52. The lowest BCUT2D eigenvalue weighted by atomic mass is 9.99. The number of amides is 3. The van der Waals surface area contributed by atoms with E-state index >= 15 is 0 Å². The first-order chi connectivity index (χ1) is 12.7. The second-order valence-electron chi connectivity index (χ2n) is 7.55. The van der Waals surface area contributed by atoms with Crippen LogP contribution in [0, 0.1) is 0 Å². The molecule has 1 aromatic rings. The first-order valence-electron chi connectivity index (χ1n) is 9.40. The first kappa shape index (κ1) is 19.7. The van der Waals surface area contributed by atoms with E-state index in [1.54, 1.807) is 0 Å². The van der Waals surface area contributed by atoms with Crippen molar-refractivity contribution in [1.82, 2.24) is 9.62 Å². The van der Waals surface area contributed by atoms with E-state index < -0.39 is 21.3 Å². The second-order valence-corrected chi connectivity index (χ2v) is 9.64. The number of sulfonamides is 1. The van der Waals surface area contributed by atoms with Gasteiger partial charge in [0.25, 0.3) is 0 Å². The molecule has 1 atom stereocenters. The third-order valence-corrected chi connectivity index (χ3v) is 7.22.